The average molecular weight is 404 g/mol. The summed E-state index contributed by atoms with van der Waals surface area (Å²) < 4.78 is 5.42. The zero-order valence-electron chi connectivity index (χ0n) is 17.6. The van der Waals surface area contributed by atoms with Gasteiger partial charge < -0.3 is 9.64 Å². The van der Waals surface area contributed by atoms with Crippen molar-refractivity contribution in [2.75, 3.05) is 19.7 Å². The number of hydrogen-bond acceptors (Lipinski definition) is 3. The summed E-state index contributed by atoms with van der Waals surface area (Å²) in [5.41, 5.74) is 1.60. The van der Waals surface area contributed by atoms with Crippen molar-refractivity contribution >= 4 is 11.9 Å². The van der Waals surface area contributed by atoms with Crippen molar-refractivity contribution in [1.82, 2.24) is 4.90 Å². The molecule has 30 heavy (non-hydrogen) atoms. The largest absolute Gasteiger partial charge is 0.466 e. The van der Waals surface area contributed by atoms with Crippen molar-refractivity contribution < 1.29 is 14.3 Å². The molecule has 1 aliphatic rings. The standard InChI is InChI=1S/C26H29NO3/c1-2-30-25(29)26(17-9-14-22-10-5-3-6-11-22)18-20-27(21-19-26)24(28)16-15-23-12-7-4-8-13-23/h3-8,10-13H,2,9,14,17-21H2,1H3. The van der Waals surface area contributed by atoms with E-state index in [0.717, 1.165) is 24.8 Å². The molecule has 0 radical (unpaired) electrons. The first-order valence-corrected chi connectivity index (χ1v) is 10.7. The predicted molar refractivity (Wildman–Crippen MR) is 118 cm³/mol. The SMILES string of the molecule is CCOC(=O)C1(CCCc2ccccc2)CCN(C(=O)C#Cc2ccccc2)CC1. The predicted octanol–water partition coefficient (Wildman–Crippen LogP) is 4.23. The Morgan fingerprint density at radius 1 is 1.00 bits per heavy atom. The van der Waals surface area contributed by atoms with E-state index in [9.17, 15) is 9.59 Å². The van der Waals surface area contributed by atoms with E-state index < -0.39 is 5.41 Å². The van der Waals surface area contributed by atoms with Crippen molar-refractivity contribution in [1.29, 1.82) is 0 Å². The minimum absolute atomic E-state index is 0.125. The Labute approximate surface area is 179 Å². The third-order valence-corrected chi connectivity index (χ3v) is 5.77. The monoisotopic (exact) mass is 403 g/mol. The lowest BCUT2D eigenvalue weighted by atomic mass is 9.74. The smallest absolute Gasteiger partial charge is 0.312 e. The molecule has 0 aromatic heterocycles. The minimum Gasteiger partial charge on any atom is -0.466 e. The van der Waals surface area contributed by atoms with Gasteiger partial charge in [0, 0.05) is 24.6 Å². The number of esters is 1. The van der Waals surface area contributed by atoms with Gasteiger partial charge in [-0.1, -0.05) is 54.5 Å². The first kappa shape index (κ1) is 21.6. The Kier molecular flexibility index (Phi) is 7.68. The lowest BCUT2D eigenvalue weighted by molar-refractivity contribution is -0.160. The lowest BCUT2D eigenvalue weighted by Crippen LogP contribution is -2.47. The minimum atomic E-state index is -0.506. The Balaban J connectivity index is 1.60. The number of piperidine rings is 1. The molecule has 1 fully saturated rings. The average Bonchev–Trinajstić information content (AvgIpc) is 2.79. The van der Waals surface area contributed by atoms with Crippen LogP contribution in [0.4, 0.5) is 0 Å². The van der Waals surface area contributed by atoms with E-state index in [2.05, 4.69) is 24.0 Å². The molecule has 1 aliphatic heterocycles. The highest BCUT2D eigenvalue weighted by molar-refractivity contribution is 5.94. The molecule has 0 aliphatic carbocycles. The molecule has 1 heterocycles. The fraction of sp³-hybridized carbons (Fsp3) is 0.385. The van der Waals surface area contributed by atoms with Gasteiger partial charge in [0.25, 0.3) is 5.91 Å². The number of nitrogens with zero attached hydrogens (tertiary/aromatic N) is 1. The number of benzene rings is 2. The number of likely N-dealkylation sites (tertiary alicyclic amines) is 1. The Bertz CT molecular complexity index is 888. The topological polar surface area (TPSA) is 46.6 Å². The molecule has 0 atom stereocenters. The summed E-state index contributed by atoms with van der Waals surface area (Å²) in [6, 6.07) is 19.8. The summed E-state index contributed by atoms with van der Waals surface area (Å²) in [4.78, 5) is 27.1. The molecule has 156 valence electrons. The van der Waals surface area contributed by atoms with Crippen LogP contribution in [0.5, 0.6) is 0 Å². The molecule has 1 amide bonds. The normalized spacial score (nSPS) is 15.0. The summed E-state index contributed by atoms with van der Waals surface area (Å²) in [5.74, 6) is 5.36. The van der Waals surface area contributed by atoms with Crippen LogP contribution in [0.2, 0.25) is 0 Å². The fourth-order valence-electron chi connectivity index (χ4n) is 3.98. The van der Waals surface area contributed by atoms with Crippen LogP contribution in [0.3, 0.4) is 0 Å². The molecule has 4 nitrogen and oxygen atoms in total. The molecular weight excluding hydrogens is 374 g/mol. The summed E-state index contributed by atoms with van der Waals surface area (Å²) in [7, 11) is 0. The van der Waals surface area contributed by atoms with E-state index in [-0.39, 0.29) is 11.9 Å². The Morgan fingerprint density at radius 3 is 2.27 bits per heavy atom. The van der Waals surface area contributed by atoms with E-state index in [0.29, 0.717) is 32.5 Å². The van der Waals surface area contributed by atoms with Crippen LogP contribution >= 0.6 is 0 Å². The van der Waals surface area contributed by atoms with Gasteiger partial charge in [-0.05, 0) is 56.7 Å². The molecule has 2 aromatic rings. The third kappa shape index (κ3) is 5.73. The van der Waals surface area contributed by atoms with Gasteiger partial charge in [0.2, 0.25) is 0 Å². The summed E-state index contributed by atoms with van der Waals surface area (Å²) in [6.07, 6.45) is 3.88. The molecule has 4 heteroatoms. The van der Waals surface area contributed by atoms with Crippen molar-refractivity contribution in [3.8, 4) is 11.8 Å². The van der Waals surface area contributed by atoms with Crippen LogP contribution in [-0.4, -0.2) is 36.5 Å². The van der Waals surface area contributed by atoms with Crippen LogP contribution in [-0.2, 0) is 20.7 Å². The first-order chi connectivity index (χ1) is 14.6. The number of rotatable bonds is 6. The van der Waals surface area contributed by atoms with Crippen molar-refractivity contribution in [2.45, 2.75) is 39.0 Å². The second-order valence-corrected chi connectivity index (χ2v) is 7.75. The molecule has 0 saturated carbocycles. The van der Waals surface area contributed by atoms with Crippen molar-refractivity contribution in [3.63, 3.8) is 0 Å². The molecule has 3 rings (SSSR count). The van der Waals surface area contributed by atoms with E-state index in [1.165, 1.54) is 5.56 Å². The van der Waals surface area contributed by atoms with Gasteiger partial charge in [-0.25, -0.2) is 0 Å². The maximum atomic E-state index is 12.8. The molecule has 1 saturated heterocycles. The van der Waals surface area contributed by atoms with E-state index >= 15 is 0 Å². The maximum Gasteiger partial charge on any atom is 0.312 e. The maximum absolute atomic E-state index is 12.8. The third-order valence-electron chi connectivity index (χ3n) is 5.77. The summed E-state index contributed by atoms with van der Waals surface area (Å²) >= 11 is 0. The molecule has 0 unspecified atom stereocenters. The van der Waals surface area contributed by atoms with Crippen LogP contribution in [0.15, 0.2) is 60.7 Å². The van der Waals surface area contributed by atoms with Gasteiger partial charge in [0.15, 0.2) is 0 Å². The lowest BCUT2D eigenvalue weighted by Gasteiger charge is -2.39. The van der Waals surface area contributed by atoms with E-state index in [4.69, 9.17) is 4.74 Å². The zero-order valence-corrected chi connectivity index (χ0v) is 17.6. The second-order valence-electron chi connectivity index (χ2n) is 7.75. The quantitative estimate of drug-likeness (QED) is 0.536. The van der Waals surface area contributed by atoms with Gasteiger partial charge >= 0.3 is 5.97 Å². The summed E-state index contributed by atoms with van der Waals surface area (Å²) in [5, 5.41) is 0. The highest BCUT2D eigenvalue weighted by Crippen LogP contribution is 2.38. The Hall–Kier alpha value is -3.06. The van der Waals surface area contributed by atoms with Crippen LogP contribution in [0.1, 0.15) is 43.7 Å². The number of aryl methyl sites for hydroxylation is 1. The van der Waals surface area contributed by atoms with Gasteiger partial charge in [0.1, 0.15) is 0 Å². The molecule has 0 N–H and O–H groups in total. The van der Waals surface area contributed by atoms with Crippen LogP contribution < -0.4 is 0 Å². The number of carbonyl (C=O) groups is 2. The van der Waals surface area contributed by atoms with Gasteiger partial charge in [-0.3, -0.25) is 9.59 Å². The number of carbonyl (C=O) groups excluding carboxylic acids is 2. The van der Waals surface area contributed by atoms with Crippen LogP contribution in [0.25, 0.3) is 0 Å². The molecular formula is C26H29NO3. The number of ether oxygens (including phenoxy) is 1. The molecule has 2 aromatic carbocycles. The van der Waals surface area contributed by atoms with Gasteiger partial charge in [-0.15, -0.1) is 0 Å². The van der Waals surface area contributed by atoms with Gasteiger partial charge in [-0.2, -0.15) is 0 Å². The van der Waals surface area contributed by atoms with Crippen molar-refractivity contribution in [3.05, 3.63) is 71.8 Å². The molecule has 0 bridgehead atoms. The fourth-order valence-corrected chi connectivity index (χ4v) is 3.98. The second kappa shape index (κ2) is 10.6. The summed E-state index contributed by atoms with van der Waals surface area (Å²) in [6.45, 7) is 3.29. The van der Waals surface area contributed by atoms with Crippen LogP contribution in [0, 0.1) is 17.3 Å². The first-order valence-electron chi connectivity index (χ1n) is 10.7. The Morgan fingerprint density at radius 2 is 1.63 bits per heavy atom. The van der Waals surface area contributed by atoms with Crippen molar-refractivity contribution in [2.24, 2.45) is 5.41 Å². The number of amides is 1. The highest BCUT2D eigenvalue weighted by atomic mass is 16.5. The van der Waals surface area contributed by atoms with Gasteiger partial charge in [0.05, 0.1) is 12.0 Å². The molecule has 0 spiro atoms. The number of hydrogen-bond donors (Lipinski definition) is 0. The van der Waals surface area contributed by atoms with E-state index in [1.54, 1.807) is 4.90 Å². The highest BCUT2D eigenvalue weighted by Gasteiger charge is 2.42. The van der Waals surface area contributed by atoms with E-state index in [1.807, 2.05) is 55.5 Å². The zero-order chi connectivity index (χ0) is 21.2.